The maximum absolute atomic E-state index is 12.8. The second kappa shape index (κ2) is 7.55. The third-order valence-corrected chi connectivity index (χ3v) is 7.75. The van der Waals surface area contributed by atoms with Gasteiger partial charge in [-0.1, -0.05) is 6.07 Å². The maximum atomic E-state index is 12.8. The highest BCUT2D eigenvalue weighted by Crippen LogP contribution is 2.25. The fourth-order valence-electron chi connectivity index (χ4n) is 2.56. The fraction of sp³-hybridized carbons (Fsp3) is 0.312. The number of carbonyl (C=O) groups is 1. The molecular formula is C16H18BrN3O3S2. The molecule has 1 amide bonds. The number of anilines is 1. The number of hydrogen-bond donors (Lipinski definition) is 1. The van der Waals surface area contributed by atoms with Gasteiger partial charge in [0.25, 0.3) is 5.91 Å². The summed E-state index contributed by atoms with van der Waals surface area (Å²) in [6.07, 6.45) is 0. The summed E-state index contributed by atoms with van der Waals surface area (Å²) in [6.45, 7) is 2.36. The van der Waals surface area contributed by atoms with Crippen molar-refractivity contribution >= 4 is 48.9 Å². The van der Waals surface area contributed by atoms with Crippen LogP contribution < -0.4 is 5.32 Å². The van der Waals surface area contributed by atoms with E-state index in [0.717, 1.165) is 4.47 Å². The Labute approximate surface area is 159 Å². The first kappa shape index (κ1) is 18.5. The van der Waals surface area contributed by atoms with Crippen LogP contribution in [0.2, 0.25) is 0 Å². The van der Waals surface area contributed by atoms with Gasteiger partial charge < -0.3 is 10.2 Å². The van der Waals surface area contributed by atoms with Crippen LogP contribution >= 0.6 is 27.3 Å². The molecule has 25 heavy (non-hydrogen) atoms. The second-order valence-electron chi connectivity index (χ2n) is 5.79. The lowest BCUT2D eigenvalue weighted by Crippen LogP contribution is -2.47. The summed E-state index contributed by atoms with van der Waals surface area (Å²) < 4.78 is 27.8. The number of hydrogen-bond acceptors (Lipinski definition) is 5. The average molecular weight is 444 g/mol. The molecule has 9 heteroatoms. The number of carbonyl (C=O) groups excluding carboxylic acids is 1. The van der Waals surface area contributed by atoms with Crippen LogP contribution in [0.15, 0.2) is 45.1 Å². The molecule has 6 nitrogen and oxygen atoms in total. The van der Waals surface area contributed by atoms with Crippen molar-refractivity contribution in [1.82, 2.24) is 9.21 Å². The molecule has 0 unspecified atom stereocenters. The molecule has 0 aliphatic carbocycles. The molecule has 3 rings (SSSR count). The van der Waals surface area contributed by atoms with Gasteiger partial charge in [0, 0.05) is 36.3 Å². The minimum Gasteiger partial charge on any atom is -0.321 e. The zero-order valence-corrected chi connectivity index (χ0v) is 16.8. The zero-order valence-electron chi connectivity index (χ0n) is 13.6. The summed E-state index contributed by atoms with van der Waals surface area (Å²) in [5.41, 5.74) is 0.459. The standard InChI is InChI=1S/C16H18BrN3O3S2/c1-19-6-8-20(9-7-19)25(22,23)13-4-2-3-12(11-13)18-16(21)15-14(17)5-10-24-15/h2-5,10-11H,6-9H2,1H3,(H,18,21). The second-order valence-corrected chi connectivity index (χ2v) is 9.50. The Balaban J connectivity index is 1.79. The molecule has 1 aliphatic rings. The van der Waals surface area contributed by atoms with Crippen LogP contribution in [0.1, 0.15) is 9.67 Å². The molecule has 1 saturated heterocycles. The predicted molar refractivity (Wildman–Crippen MR) is 103 cm³/mol. The van der Waals surface area contributed by atoms with E-state index in [0.29, 0.717) is 36.7 Å². The lowest BCUT2D eigenvalue weighted by atomic mass is 10.3. The van der Waals surface area contributed by atoms with Crippen molar-refractivity contribution in [2.75, 3.05) is 38.5 Å². The summed E-state index contributed by atoms with van der Waals surface area (Å²) in [5, 5.41) is 4.57. The van der Waals surface area contributed by atoms with E-state index in [9.17, 15) is 13.2 Å². The van der Waals surface area contributed by atoms with Crippen molar-refractivity contribution in [2.24, 2.45) is 0 Å². The van der Waals surface area contributed by atoms with Crippen molar-refractivity contribution in [1.29, 1.82) is 0 Å². The number of piperazine rings is 1. The summed E-state index contributed by atoms with van der Waals surface area (Å²) in [5.74, 6) is -0.268. The first-order valence-electron chi connectivity index (χ1n) is 7.71. The molecule has 0 radical (unpaired) electrons. The molecule has 2 aromatic rings. The van der Waals surface area contributed by atoms with Gasteiger partial charge in [-0.2, -0.15) is 4.31 Å². The number of nitrogens with one attached hydrogen (secondary N) is 1. The van der Waals surface area contributed by atoms with Crippen LogP contribution in [0, 0.1) is 0 Å². The highest BCUT2D eigenvalue weighted by Gasteiger charge is 2.27. The monoisotopic (exact) mass is 443 g/mol. The van der Waals surface area contributed by atoms with Crippen LogP contribution in [0.3, 0.4) is 0 Å². The van der Waals surface area contributed by atoms with Gasteiger partial charge in [-0.25, -0.2) is 8.42 Å². The zero-order chi connectivity index (χ0) is 18.0. The minimum atomic E-state index is -3.56. The van der Waals surface area contributed by atoms with E-state index < -0.39 is 10.0 Å². The number of thiophene rings is 1. The Morgan fingerprint density at radius 1 is 1.20 bits per heavy atom. The lowest BCUT2D eigenvalue weighted by molar-refractivity contribution is 0.103. The van der Waals surface area contributed by atoms with Gasteiger partial charge in [0.15, 0.2) is 0 Å². The van der Waals surface area contributed by atoms with Crippen molar-refractivity contribution < 1.29 is 13.2 Å². The molecular weight excluding hydrogens is 426 g/mol. The van der Waals surface area contributed by atoms with E-state index in [1.54, 1.807) is 24.3 Å². The Hall–Kier alpha value is -1.26. The molecule has 0 atom stereocenters. The molecule has 2 heterocycles. The molecule has 134 valence electrons. The van der Waals surface area contributed by atoms with Crippen LogP contribution in [0.25, 0.3) is 0 Å². The van der Waals surface area contributed by atoms with Gasteiger partial charge >= 0.3 is 0 Å². The molecule has 1 N–H and O–H groups in total. The van der Waals surface area contributed by atoms with Crippen molar-refractivity contribution in [2.45, 2.75) is 4.90 Å². The van der Waals surface area contributed by atoms with Crippen LogP contribution in [-0.2, 0) is 10.0 Å². The highest BCUT2D eigenvalue weighted by atomic mass is 79.9. The topological polar surface area (TPSA) is 69.7 Å². The van der Waals surface area contributed by atoms with E-state index in [-0.39, 0.29) is 10.8 Å². The van der Waals surface area contributed by atoms with Crippen LogP contribution in [-0.4, -0.2) is 56.8 Å². The Morgan fingerprint density at radius 3 is 2.56 bits per heavy atom. The number of amides is 1. The van der Waals surface area contributed by atoms with Gasteiger partial charge in [0.05, 0.1) is 4.90 Å². The average Bonchev–Trinajstić information content (AvgIpc) is 3.02. The highest BCUT2D eigenvalue weighted by molar-refractivity contribution is 9.10. The van der Waals surface area contributed by atoms with Crippen molar-refractivity contribution in [3.63, 3.8) is 0 Å². The van der Waals surface area contributed by atoms with Gasteiger partial charge in [0.1, 0.15) is 4.88 Å². The van der Waals surface area contributed by atoms with E-state index in [4.69, 9.17) is 0 Å². The van der Waals surface area contributed by atoms with E-state index in [1.807, 2.05) is 12.4 Å². The smallest absolute Gasteiger partial charge is 0.266 e. The quantitative estimate of drug-likeness (QED) is 0.788. The molecule has 1 fully saturated rings. The summed E-state index contributed by atoms with van der Waals surface area (Å²) in [4.78, 5) is 15.1. The first-order valence-corrected chi connectivity index (χ1v) is 10.8. The van der Waals surface area contributed by atoms with Crippen molar-refractivity contribution in [3.05, 3.63) is 45.1 Å². The number of rotatable bonds is 4. The van der Waals surface area contributed by atoms with Crippen LogP contribution in [0.5, 0.6) is 0 Å². The van der Waals surface area contributed by atoms with Crippen molar-refractivity contribution in [3.8, 4) is 0 Å². The Bertz CT molecular complexity index is 874. The summed E-state index contributed by atoms with van der Waals surface area (Å²) >= 11 is 4.65. The fourth-order valence-corrected chi connectivity index (χ4v) is 5.47. The summed E-state index contributed by atoms with van der Waals surface area (Å²) in [7, 11) is -1.58. The third-order valence-electron chi connectivity index (χ3n) is 4.02. The lowest BCUT2D eigenvalue weighted by Gasteiger charge is -2.31. The molecule has 0 spiro atoms. The van der Waals surface area contributed by atoms with Gasteiger partial charge in [0.2, 0.25) is 10.0 Å². The molecule has 0 saturated carbocycles. The number of halogens is 1. The normalized spacial score (nSPS) is 16.7. The molecule has 1 aliphatic heterocycles. The molecule has 0 bridgehead atoms. The number of sulfonamides is 1. The maximum Gasteiger partial charge on any atom is 0.266 e. The van der Waals surface area contributed by atoms with E-state index in [1.165, 1.54) is 21.7 Å². The van der Waals surface area contributed by atoms with Gasteiger partial charge in [-0.15, -0.1) is 11.3 Å². The molecule has 1 aromatic heterocycles. The predicted octanol–water partition coefficient (Wildman–Crippen LogP) is 2.70. The SMILES string of the molecule is CN1CCN(S(=O)(=O)c2cccc(NC(=O)c3sccc3Br)c2)CC1. The number of nitrogens with zero attached hydrogens (tertiary/aromatic N) is 2. The van der Waals surface area contributed by atoms with E-state index >= 15 is 0 Å². The van der Waals surface area contributed by atoms with E-state index in [2.05, 4.69) is 26.1 Å². The third kappa shape index (κ3) is 4.12. The Morgan fingerprint density at radius 2 is 1.92 bits per heavy atom. The van der Waals surface area contributed by atoms with Gasteiger partial charge in [-0.05, 0) is 52.6 Å². The molecule has 1 aromatic carbocycles. The Kier molecular flexibility index (Phi) is 5.59. The first-order chi connectivity index (χ1) is 11.9. The largest absolute Gasteiger partial charge is 0.321 e. The van der Waals surface area contributed by atoms with Gasteiger partial charge in [-0.3, -0.25) is 4.79 Å². The number of benzene rings is 1. The van der Waals surface area contributed by atoms with Crippen LogP contribution in [0.4, 0.5) is 5.69 Å². The summed E-state index contributed by atoms with van der Waals surface area (Å²) in [6, 6.07) is 8.19. The minimum absolute atomic E-state index is 0.195. The number of likely N-dealkylation sites (N-methyl/N-ethyl adjacent to an activating group) is 1.